The molecule has 84 valence electrons. The lowest BCUT2D eigenvalue weighted by Gasteiger charge is -2.42. The molecule has 0 amide bonds. The predicted molar refractivity (Wildman–Crippen MR) is 39.8 cm³/mol. The van der Waals surface area contributed by atoms with Crippen LogP contribution < -0.4 is 0 Å². The first kappa shape index (κ1) is 11.7. The minimum Gasteiger partial charge on any atom is -0.394 e. The van der Waals surface area contributed by atoms with E-state index in [1.807, 2.05) is 0 Å². The summed E-state index contributed by atoms with van der Waals surface area (Å²) in [6, 6.07) is 0. The summed E-state index contributed by atoms with van der Waals surface area (Å²) < 4.78 is 29.7. The standard InChI is InChI=1S/C7H12F2O5/c8-2-7(13)6(9)5(12)4(11)3(1-10)14-7/h3-6,10-13H,1-2H2/t3-,4-,5+,6+,7?/m1/s1. The SMILES string of the molecule is OC[C@H]1OC(O)(CF)[C@@H](F)[C@@H](O)[C@@H]1O. The van der Waals surface area contributed by atoms with Crippen LogP contribution in [0.3, 0.4) is 0 Å². The Kier molecular flexibility index (Phi) is 3.38. The molecule has 1 aliphatic heterocycles. The summed E-state index contributed by atoms with van der Waals surface area (Å²) in [6.45, 7) is -2.33. The molecule has 1 aliphatic rings. The van der Waals surface area contributed by atoms with Gasteiger partial charge >= 0.3 is 0 Å². The molecule has 0 aromatic carbocycles. The Hall–Kier alpha value is -0.340. The topological polar surface area (TPSA) is 90.2 Å². The third-order valence-corrected chi connectivity index (χ3v) is 2.19. The molecule has 0 radical (unpaired) electrons. The van der Waals surface area contributed by atoms with Crippen LogP contribution in [0.1, 0.15) is 0 Å². The Labute approximate surface area is 78.5 Å². The predicted octanol–water partition coefficient (Wildman–Crippen LogP) is -1.90. The molecular formula is C7H12F2O5. The van der Waals surface area contributed by atoms with Gasteiger partial charge in [-0.05, 0) is 0 Å². The van der Waals surface area contributed by atoms with E-state index in [4.69, 9.17) is 15.3 Å². The third kappa shape index (κ3) is 1.73. The highest BCUT2D eigenvalue weighted by Gasteiger charge is 2.54. The van der Waals surface area contributed by atoms with E-state index in [-0.39, 0.29) is 0 Å². The van der Waals surface area contributed by atoms with Gasteiger partial charge in [-0.3, -0.25) is 0 Å². The number of aliphatic hydroxyl groups is 4. The quantitative estimate of drug-likeness (QED) is 0.431. The maximum Gasteiger partial charge on any atom is 0.230 e. The summed E-state index contributed by atoms with van der Waals surface area (Å²) in [7, 11) is 0. The second kappa shape index (κ2) is 4.03. The minimum absolute atomic E-state index is 0.757. The fourth-order valence-electron chi connectivity index (χ4n) is 1.31. The highest BCUT2D eigenvalue weighted by atomic mass is 19.1. The Balaban J connectivity index is 2.84. The molecule has 0 aromatic rings. The van der Waals surface area contributed by atoms with Crippen molar-refractivity contribution in [2.45, 2.75) is 30.3 Å². The van der Waals surface area contributed by atoms with Gasteiger partial charge in [0.15, 0.2) is 6.17 Å². The van der Waals surface area contributed by atoms with Gasteiger partial charge in [0.05, 0.1) is 6.61 Å². The fraction of sp³-hybridized carbons (Fsp3) is 1.00. The van der Waals surface area contributed by atoms with E-state index < -0.39 is 43.6 Å². The van der Waals surface area contributed by atoms with Gasteiger partial charge in [0.2, 0.25) is 5.79 Å². The normalized spacial score (nSPS) is 49.3. The molecule has 0 aromatic heterocycles. The molecule has 4 N–H and O–H groups in total. The van der Waals surface area contributed by atoms with Gasteiger partial charge in [0, 0.05) is 0 Å². The maximum atomic E-state index is 13.1. The number of alkyl halides is 2. The van der Waals surface area contributed by atoms with Gasteiger partial charge in [-0.25, -0.2) is 8.78 Å². The highest BCUT2D eigenvalue weighted by Crippen LogP contribution is 2.30. The Bertz CT molecular complexity index is 203. The van der Waals surface area contributed by atoms with Crippen LogP contribution in [0.2, 0.25) is 0 Å². The molecule has 0 bridgehead atoms. The molecule has 0 saturated carbocycles. The smallest absolute Gasteiger partial charge is 0.230 e. The van der Waals surface area contributed by atoms with Gasteiger partial charge in [0.1, 0.15) is 25.0 Å². The number of hydrogen-bond acceptors (Lipinski definition) is 5. The Morgan fingerprint density at radius 2 is 1.86 bits per heavy atom. The Morgan fingerprint density at radius 3 is 2.29 bits per heavy atom. The molecule has 14 heavy (non-hydrogen) atoms. The van der Waals surface area contributed by atoms with E-state index in [1.54, 1.807) is 0 Å². The number of ether oxygens (including phenoxy) is 1. The molecule has 0 aliphatic carbocycles. The van der Waals surface area contributed by atoms with Gasteiger partial charge in [0.25, 0.3) is 0 Å². The van der Waals surface area contributed by atoms with Crippen molar-refractivity contribution in [1.29, 1.82) is 0 Å². The lowest BCUT2D eigenvalue weighted by Crippen LogP contribution is -2.64. The zero-order chi connectivity index (χ0) is 10.9. The monoisotopic (exact) mass is 214 g/mol. The van der Waals surface area contributed by atoms with E-state index in [0.29, 0.717) is 0 Å². The third-order valence-electron chi connectivity index (χ3n) is 2.19. The summed E-state index contributed by atoms with van der Waals surface area (Å²) in [5, 5.41) is 36.0. The van der Waals surface area contributed by atoms with Crippen LogP contribution in [0.25, 0.3) is 0 Å². The molecule has 1 fully saturated rings. The summed E-state index contributed by atoms with van der Waals surface area (Å²) in [6.07, 6.45) is -7.54. The highest BCUT2D eigenvalue weighted by molar-refractivity contribution is 4.96. The fourth-order valence-corrected chi connectivity index (χ4v) is 1.31. The lowest BCUT2D eigenvalue weighted by atomic mass is 9.94. The van der Waals surface area contributed by atoms with Crippen molar-refractivity contribution in [2.75, 3.05) is 13.3 Å². The van der Waals surface area contributed by atoms with Crippen LogP contribution >= 0.6 is 0 Å². The van der Waals surface area contributed by atoms with Gasteiger partial charge in [-0.2, -0.15) is 0 Å². The van der Waals surface area contributed by atoms with E-state index >= 15 is 0 Å². The molecule has 1 saturated heterocycles. The van der Waals surface area contributed by atoms with E-state index in [1.165, 1.54) is 0 Å². The van der Waals surface area contributed by atoms with Crippen LogP contribution in [0.4, 0.5) is 8.78 Å². The van der Waals surface area contributed by atoms with Crippen molar-refractivity contribution in [2.24, 2.45) is 0 Å². The largest absolute Gasteiger partial charge is 0.394 e. The lowest BCUT2D eigenvalue weighted by molar-refractivity contribution is -0.338. The van der Waals surface area contributed by atoms with Crippen molar-refractivity contribution in [3.05, 3.63) is 0 Å². The van der Waals surface area contributed by atoms with Gasteiger partial charge in [-0.15, -0.1) is 0 Å². The van der Waals surface area contributed by atoms with E-state index in [9.17, 15) is 13.9 Å². The van der Waals surface area contributed by atoms with Gasteiger partial charge < -0.3 is 25.2 Å². The van der Waals surface area contributed by atoms with Crippen LogP contribution in [0.5, 0.6) is 0 Å². The molecule has 1 unspecified atom stereocenters. The number of halogens is 2. The molecular weight excluding hydrogens is 202 g/mol. The first-order chi connectivity index (χ1) is 6.46. The first-order valence-electron chi connectivity index (χ1n) is 4.03. The number of rotatable bonds is 2. The summed E-state index contributed by atoms with van der Waals surface area (Å²) in [5.74, 6) is -2.80. The molecule has 1 heterocycles. The number of hydrogen-bond donors (Lipinski definition) is 4. The zero-order valence-corrected chi connectivity index (χ0v) is 7.18. The van der Waals surface area contributed by atoms with Gasteiger partial charge in [-0.1, -0.05) is 0 Å². The van der Waals surface area contributed by atoms with Crippen molar-refractivity contribution < 1.29 is 33.9 Å². The van der Waals surface area contributed by atoms with Crippen LogP contribution in [0, 0.1) is 0 Å². The summed E-state index contributed by atoms with van der Waals surface area (Å²) >= 11 is 0. The average molecular weight is 214 g/mol. The Morgan fingerprint density at radius 1 is 1.29 bits per heavy atom. The minimum atomic E-state index is -2.80. The maximum absolute atomic E-state index is 13.1. The molecule has 1 rings (SSSR count). The van der Waals surface area contributed by atoms with Crippen molar-refractivity contribution in [1.82, 2.24) is 0 Å². The molecule has 5 nitrogen and oxygen atoms in total. The second-order valence-corrected chi connectivity index (χ2v) is 3.20. The summed E-state index contributed by atoms with van der Waals surface area (Å²) in [4.78, 5) is 0. The molecule has 0 spiro atoms. The zero-order valence-electron chi connectivity index (χ0n) is 7.18. The van der Waals surface area contributed by atoms with Crippen LogP contribution in [-0.4, -0.2) is 64.0 Å². The molecule has 7 heteroatoms. The second-order valence-electron chi connectivity index (χ2n) is 3.20. The first-order valence-corrected chi connectivity index (χ1v) is 4.03. The van der Waals surface area contributed by atoms with Crippen LogP contribution in [0.15, 0.2) is 0 Å². The van der Waals surface area contributed by atoms with Crippen molar-refractivity contribution >= 4 is 0 Å². The average Bonchev–Trinajstić information content (AvgIpc) is 2.20. The van der Waals surface area contributed by atoms with Crippen molar-refractivity contribution in [3.8, 4) is 0 Å². The van der Waals surface area contributed by atoms with Crippen LogP contribution in [-0.2, 0) is 4.74 Å². The van der Waals surface area contributed by atoms with Crippen molar-refractivity contribution in [3.63, 3.8) is 0 Å². The molecule has 5 atom stereocenters. The van der Waals surface area contributed by atoms with E-state index in [0.717, 1.165) is 0 Å². The van der Waals surface area contributed by atoms with E-state index in [2.05, 4.69) is 4.74 Å². The number of aliphatic hydroxyl groups excluding tert-OH is 3. The summed E-state index contributed by atoms with van der Waals surface area (Å²) in [5.41, 5.74) is 0.